The SMILES string of the molecule is CC1(N)N=C2N=CN=C2C(=O)N1.Cc1cnc(=O)[nH]c1N. The first-order valence-corrected chi connectivity index (χ1v) is 5.92. The molecule has 110 valence electrons. The number of aromatic nitrogens is 2. The van der Waals surface area contributed by atoms with Crippen LogP contribution in [0.4, 0.5) is 5.82 Å². The molecule has 0 bridgehead atoms. The molecular formula is C11H14N8O2. The van der Waals surface area contributed by atoms with Crippen LogP contribution in [0.5, 0.6) is 0 Å². The quantitative estimate of drug-likeness (QED) is 0.446. The Kier molecular flexibility index (Phi) is 3.63. The van der Waals surface area contributed by atoms with Gasteiger partial charge in [0.1, 0.15) is 12.2 Å². The summed E-state index contributed by atoms with van der Waals surface area (Å²) in [5.74, 6) is -0.700. The highest BCUT2D eigenvalue weighted by atomic mass is 16.2. The molecule has 2 aliphatic heterocycles. The van der Waals surface area contributed by atoms with Crippen molar-refractivity contribution in [3.8, 4) is 0 Å². The van der Waals surface area contributed by atoms with Gasteiger partial charge in [-0.1, -0.05) is 0 Å². The van der Waals surface area contributed by atoms with Gasteiger partial charge < -0.3 is 11.1 Å². The van der Waals surface area contributed by atoms with E-state index in [2.05, 4.69) is 30.3 Å². The summed E-state index contributed by atoms with van der Waals surface area (Å²) >= 11 is 0. The Morgan fingerprint density at radius 1 is 1.33 bits per heavy atom. The molecule has 2 aliphatic rings. The number of H-pyrrole nitrogens is 1. The Morgan fingerprint density at radius 2 is 2.05 bits per heavy atom. The zero-order valence-electron chi connectivity index (χ0n) is 11.4. The lowest BCUT2D eigenvalue weighted by Gasteiger charge is -2.25. The standard InChI is InChI=1S/C6H7N5O.C5H7N3O/c1-6(7)10-4-3(5(12)11-6)8-2-9-4;1-3-2-7-5(9)8-4(3)6/h2H,7H2,1H3,(H,11,12);2H,1H3,(H3,6,7,8,9). The number of nitrogens with one attached hydrogen (secondary N) is 2. The predicted octanol–water partition coefficient (Wildman–Crippen LogP) is -1.71. The Labute approximate surface area is 119 Å². The minimum atomic E-state index is -1.06. The molecule has 6 N–H and O–H groups in total. The van der Waals surface area contributed by atoms with Crippen LogP contribution in [-0.4, -0.2) is 39.5 Å². The van der Waals surface area contributed by atoms with E-state index in [0.29, 0.717) is 11.7 Å². The molecule has 10 nitrogen and oxygen atoms in total. The smallest absolute Gasteiger partial charge is 0.346 e. The summed E-state index contributed by atoms with van der Waals surface area (Å²) in [5, 5.41) is 2.47. The van der Waals surface area contributed by atoms with Crippen molar-refractivity contribution >= 4 is 29.6 Å². The number of aliphatic imine (C=N–C) groups is 3. The summed E-state index contributed by atoms with van der Waals surface area (Å²) in [5.41, 5.74) is 11.5. The van der Waals surface area contributed by atoms with Crippen LogP contribution in [0.2, 0.25) is 0 Å². The monoisotopic (exact) mass is 290 g/mol. The summed E-state index contributed by atoms with van der Waals surface area (Å²) in [7, 11) is 0. The molecule has 21 heavy (non-hydrogen) atoms. The van der Waals surface area contributed by atoms with Crippen molar-refractivity contribution in [3.63, 3.8) is 0 Å². The van der Waals surface area contributed by atoms with Crippen LogP contribution in [0.3, 0.4) is 0 Å². The van der Waals surface area contributed by atoms with E-state index in [1.54, 1.807) is 13.8 Å². The van der Waals surface area contributed by atoms with E-state index in [0.717, 1.165) is 5.56 Å². The average Bonchev–Trinajstić information content (AvgIpc) is 2.82. The van der Waals surface area contributed by atoms with Gasteiger partial charge in [0.25, 0.3) is 5.91 Å². The average molecular weight is 290 g/mol. The fourth-order valence-corrected chi connectivity index (χ4v) is 1.51. The Balaban J connectivity index is 0.000000161. The molecule has 10 heteroatoms. The number of fused-ring (bicyclic) bond motifs is 1. The summed E-state index contributed by atoms with van der Waals surface area (Å²) in [6.07, 6.45) is 2.73. The van der Waals surface area contributed by atoms with Crippen molar-refractivity contribution in [2.45, 2.75) is 19.6 Å². The molecule has 3 heterocycles. The summed E-state index contributed by atoms with van der Waals surface area (Å²) in [6.45, 7) is 3.36. The molecule has 1 aromatic rings. The van der Waals surface area contributed by atoms with Crippen molar-refractivity contribution < 1.29 is 4.79 Å². The van der Waals surface area contributed by atoms with Crippen LogP contribution in [0.15, 0.2) is 26.0 Å². The lowest BCUT2D eigenvalue weighted by Crippen LogP contribution is -2.58. The third-order valence-electron chi connectivity index (χ3n) is 2.54. The Hall–Kier alpha value is -2.88. The van der Waals surface area contributed by atoms with Gasteiger partial charge >= 0.3 is 5.69 Å². The lowest BCUT2D eigenvalue weighted by molar-refractivity contribution is -0.116. The largest absolute Gasteiger partial charge is 0.385 e. The van der Waals surface area contributed by atoms with Crippen LogP contribution in [0.1, 0.15) is 12.5 Å². The highest BCUT2D eigenvalue weighted by molar-refractivity contribution is 6.69. The molecule has 0 saturated heterocycles. The van der Waals surface area contributed by atoms with E-state index in [4.69, 9.17) is 11.5 Å². The second-order valence-corrected chi connectivity index (χ2v) is 4.54. The molecule has 1 aromatic heterocycles. The fourth-order valence-electron chi connectivity index (χ4n) is 1.51. The summed E-state index contributed by atoms with van der Waals surface area (Å²) < 4.78 is 0. The van der Waals surface area contributed by atoms with Gasteiger partial charge in [0, 0.05) is 11.8 Å². The maximum absolute atomic E-state index is 11.2. The van der Waals surface area contributed by atoms with Gasteiger partial charge in [0.05, 0.1) is 0 Å². The van der Waals surface area contributed by atoms with Gasteiger partial charge in [0.15, 0.2) is 17.3 Å². The molecule has 0 radical (unpaired) electrons. The Morgan fingerprint density at radius 3 is 2.67 bits per heavy atom. The number of nitrogen functional groups attached to an aromatic ring is 1. The number of aryl methyl sites for hydroxylation is 1. The highest BCUT2D eigenvalue weighted by Gasteiger charge is 2.33. The van der Waals surface area contributed by atoms with Crippen LogP contribution < -0.4 is 22.5 Å². The molecular weight excluding hydrogens is 276 g/mol. The zero-order chi connectivity index (χ0) is 15.6. The van der Waals surface area contributed by atoms with Crippen LogP contribution in [0.25, 0.3) is 0 Å². The number of amides is 1. The second kappa shape index (κ2) is 5.25. The first-order valence-electron chi connectivity index (χ1n) is 5.92. The number of carbonyl (C=O) groups excluding carboxylic acids is 1. The molecule has 0 aromatic carbocycles. The van der Waals surface area contributed by atoms with E-state index < -0.39 is 11.5 Å². The summed E-state index contributed by atoms with van der Waals surface area (Å²) in [4.78, 5) is 38.9. The number of anilines is 1. The van der Waals surface area contributed by atoms with Crippen molar-refractivity contribution in [1.29, 1.82) is 0 Å². The normalized spacial score (nSPS) is 22.5. The molecule has 1 unspecified atom stereocenters. The number of hydrogen-bond donors (Lipinski definition) is 4. The fraction of sp³-hybridized carbons (Fsp3) is 0.273. The number of amidine groups is 1. The lowest BCUT2D eigenvalue weighted by atomic mass is 10.2. The van der Waals surface area contributed by atoms with E-state index in [9.17, 15) is 9.59 Å². The van der Waals surface area contributed by atoms with E-state index >= 15 is 0 Å². The van der Waals surface area contributed by atoms with Crippen LogP contribution >= 0.6 is 0 Å². The van der Waals surface area contributed by atoms with E-state index in [1.165, 1.54) is 12.5 Å². The van der Waals surface area contributed by atoms with Crippen molar-refractivity contribution in [3.05, 3.63) is 22.2 Å². The number of hydrogen-bond acceptors (Lipinski definition) is 8. The third-order valence-corrected chi connectivity index (χ3v) is 2.54. The zero-order valence-corrected chi connectivity index (χ0v) is 11.4. The highest BCUT2D eigenvalue weighted by Crippen LogP contribution is 2.08. The van der Waals surface area contributed by atoms with E-state index in [1.807, 2.05) is 0 Å². The number of nitrogens with two attached hydrogens (primary N) is 2. The third kappa shape index (κ3) is 3.36. The van der Waals surface area contributed by atoms with Gasteiger partial charge in [-0.25, -0.2) is 24.8 Å². The minimum absolute atomic E-state index is 0.234. The van der Waals surface area contributed by atoms with Gasteiger partial charge in [-0.2, -0.15) is 0 Å². The van der Waals surface area contributed by atoms with Crippen molar-refractivity contribution in [2.24, 2.45) is 20.7 Å². The van der Waals surface area contributed by atoms with Gasteiger partial charge in [-0.05, 0) is 13.8 Å². The van der Waals surface area contributed by atoms with E-state index in [-0.39, 0.29) is 11.6 Å². The maximum Gasteiger partial charge on any atom is 0.346 e. The molecule has 1 atom stereocenters. The summed E-state index contributed by atoms with van der Waals surface area (Å²) in [6, 6.07) is 0. The molecule has 3 rings (SSSR count). The van der Waals surface area contributed by atoms with Crippen LogP contribution in [-0.2, 0) is 4.79 Å². The van der Waals surface area contributed by atoms with Crippen LogP contribution in [0, 0.1) is 6.92 Å². The number of rotatable bonds is 0. The number of aromatic amines is 1. The topological polar surface area (TPSA) is 164 Å². The van der Waals surface area contributed by atoms with Crippen molar-refractivity contribution in [2.75, 3.05) is 5.73 Å². The molecule has 0 aliphatic carbocycles. The molecule has 0 fully saturated rings. The van der Waals surface area contributed by atoms with Gasteiger partial charge in [-0.3, -0.25) is 15.5 Å². The first kappa shape index (κ1) is 14.5. The first-order chi connectivity index (χ1) is 9.78. The minimum Gasteiger partial charge on any atom is -0.385 e. The number of carbonyl (C=O) groups is 1. The second-order valence-electron chi connectivity index (χ2n) is 4.54. The Bertz CT molecular complexity index is 728. The van der Waals surface area contributed by atoms with Gasteiger partial charge in [-0.15, -0.1) is 0 Å². The van der Waals surface area contributed by atoms with Gasteiger partial charge in [0.2, 0.25) is 0 Å². The predicted molar refractivity (Wildman–Crippen MR) is 78.1 cm³/mol. The van der Waals surface area contributed by atoms with Crippen molar-refractivity contribution in [1.82, 2.24) is 15.3 Å². The molecule has 0 spiro atoms. The molecule has 0 saturated carbocycles. The number of nitrogens with zero attached hydrogens (tertiary/aromatic N) is 4. The maximum atomic E-state index is 11.2. The molecule has 1 amide bonds.